The molecule has 19 heavy (non-hydrogen) atoms. The number of hydrogen-bond acceptors (Lipinski definition) is 2. The Morgan fingerprint density at radius 2 is 1.95 bits per heavy atom. The standard InChI is InChI=1S/C14H11ClFN3/c15-10-3-6-12-13(7-10)19-14(18-12)17-8-9-1-4-11(16)5-2-9/h1-7H,8H2,(H2,17,18,19). The van der Waals surface area contributed by atoms with Crippen molar-refractivity contribution in [1.82, 2.24) is 9.97 Å². The summed E-state index contributed by atoms with van der Waals surface area (Å²) >= 11 is 5.91. The highest BCUT2D eigenvalue weighted by atomic mass is 35.5. The van der Waals surface area contributed by atoms with E-state index in [0.29, 0.717) is 17.5 Å². The molecule has 0 atom stereocenters. The van der Waals surface area contributed by atoms with E-state index in [2.05, 4.69) is 15.3 Å². The maximum absolute atomic E-state index is 12.8. The lowest BCUT2D eigenvalue weighted by atomic mass is 10.2. The Kier molecular flexibility index (Phi) is 3.09. The second-order valence-corrected chi connectivity index (χ2v) is 4.66. The number of H-pyrrole nitrogens is 1. The van der Waals surface area contributed by atoms with Gasteiger partial charge in [-0.05, 0) is 35.9 Å². The second-order valence-electron chi connectivity index (χ2n) is 4.23. The van der Waals surface area contributed by atoms with Crippen LogP contribution < -0.4 is 5.32 Å². The zero-order valence-electron chi connectivity index (χ0n) is 9.95. The first-order valence-corrected chi connectivity index (χ1v) is 6.22. The summed E-state index contributed by atoms with van der Waals surface area (Å²) in [6.45, 7) is 0.577. The highest BCUT2D eigenvalue weighted by Gasteiger charge is 2.03. The Bertz CT molecular complexity index is 706. The monoisotopic (exact) mass is 275 g/mol. The van der Waals surface area contributed by atoms with Crippen molar-refractivity contribution in [1.29, 1.82) is 0 Å². The molecule has 0 aliphatic heterocycles. The van der Waals surface area contributed by atoms with Crippen LogP contribution in [-0.2, 0) is 6.54 Å². The SMILES string of the molecule is Fc1ccc(CNc2nc3ccc(Cl)cc3[nH]2)cc1. The zero-order chi connectivity index (χ0) is 13.2. The van der Waals surface area contributed by atoms with Gasteiger partial charge in [-0.1, -0.05) is 23.7 Å². The van der Waals surface area contributed by atoms with E-state index in [-0.39, 0.29) is 5.82 Å². The summed E-state index contributed by atoms with van der Waals surface area (Å²) in [5.74, 6) is 0.434. The van der Waals surface area contributed by atoms with Gasteiger partial charge in [0.25, 0.3) is 0 Å². The molecule has 0 saturated heterocycles. The van der Waals surface area contributed by atoms with E-state index in [1.54, 1.807) is 18.2 Å². The average Bonchev–Trinajstić information content (AvgIpc) is 2.80. The fourth-order valence-electron chi connectivity index (χ4n) is 1.85. The fourth-order valence-corrected chi connectivity index (χ4v) is 2.03. The molecule has 0 aliphatic rings. The summed E-state index contributed by atoms with van der Waals surface area (Å²) in [7, 11) is 0. The van der Waals surface area contributed by atoms with Crippen LogP contribution in [-0.4, -0.2) is 9.97 Å². The molecule has 3 nitrogen and oxygen atoms in total. The number of hydrogen-bond donors (Lipinski definition) is 2. The Morgan fingerprint density at radius 1 is 1.16 bits per heavy atom. The third-order valence-corrected chi connectivity index (χ3v) is 3.05. The molecule has 0 fully saturated rings. The van der Waals surface area contributed by atoms with Crippen molar-refractivity contribution < 1.29 is 4.39 Å². The van der Waals surface area contributed by atoms with Crippen LogP contribution in [0, 0.1) is 5.82 Å². The van der Waals surface area contributed by atoms with Crippen molar-refractivity contribution >= 4 is 28.6 Å². The summed E-state index contributed by atoms with van der Waals surface area (Å²) in [6, 6.07) is 11.8. The number of halogens is 2. The normalized spacial score (nSPS) is 10.8. The van der Waals surface area contributed by atoms with Crippen molar-refractivity contribution in [3.05, 3.63) is 58.9 Å². The van der Waals surface area contributed by atoms with Gasteiger partial charge in [0.1, 0.15) is 5.82 Å². The highest BCUT2D eigenvalue weighted by Crippen LogP contribution is 2.19. The van der Waals surface area contributed by atoms with Gasteiger partial charge in [-0.25, -0.2) is 9.37 Å². The zero-order valence-corrected chi connectivity index (χ0v) is 10.7. The first-order valence-electron chi connectivity index (χ1n) is 5.84. The minimum atomic E-state index is -0.234. The average molecular weight is 276 g/mol. The number of anilines is 1. The van der Waals surface area contributed by atoms with E-state index in [1.165, 1.54) is 12.1 Å². The maximum Gasteiger partial charge on any atom is 0.201 e. The van der Waals surface area contributed by atoms with Crippen LogP contribution in [0.3, 0.4) is 0 Å². The van der Waals surface area contributed by atoms with Gasteiger partial charge in [0.2, 0.25) is 5.95 Å². The van der Waals surface area contributed by atoms with Gasteiger partial charge in [-0.15, -0.1) is 0 Å². The molecule has 3 rings (SSSR count). The molecule has 2 N–H and O–H groups in total. The summed E-state index contributed by atoms with van der Waals surface area (Å²) < 4.78 is 12.8. The summed E-state index contributed by atoms with van der Waals surface area (Å²) in [4.78, 5) is 7.52. The van der Waals surface area contributed by atoms with Crippen LogP contribution in [0.15, 0.2) is 42.5 Å². The Balaban J connectivity index is 1.76. The van der Waals surface area contributed by atoms with E-state index >= 15 is 0 Å². The number of aromatic amines is 1. The van der Waals surface area contributed by atoms with Gasteiger partial charge in [-0.2, -0.15) is 0 Å². The van der Waals surface area contributed by atoms with E-state index < -0.39 is 0 Å². The van der Waals surface area contributed by atoms with Gasteiger partial charge < -0.3 is 10.3 Å². The number of fused-ring (bicyclic) bond motifs is 1. The predicted octanol–water partition coefficient (Wildman–Crippen LogP) is 3.97. The lowest BCUT2D eigenvalue weighted by molar-refractivity contribution is 0.627. The van der Waals surface area contributed by atoms with Crippen molar-refractivity contribution in [2.75, 3.05) is 5.32 Å². The lowest BCUT2D eigenvalue weighted by Crippen LogP contribution is -2.00. The number of rotatable bonds is 3. The van der Waals surface area contributed by atoms with E-state index in [1.807, 2.05) is 12.1 Å². The Labute approximate surface area is 114 Å². The molecule has 1 heterocycles. The molecular formula is C14H11ClFN3. The Morgan fingerprint density at radius 3 is 2.74 bits per heavy atom. The van der Waals surface area contributed by atoms with Crippen molar-refractivity contribution in [2.24, 2.45) is 0 Å². The first kappa shape index (κ1) is 12.0. The van der Waals surface area contributed by atoms with E-state index in [9.17, 15) is 4.39 Å². The predicted molar refractivity (Wildman–Crippen MR) is 74.8 cm³/mol. The fraction of sp³-hybridized carbons (Fsp3) is 0.0714. The van der Waals surface area contributed by atoms with Gasteiger partial charge in [0.15, 0.2) is 0 Å². The van der Waals surface area contributed by atoms with Crippen LogP contribution >= 0.6 is 11.6 Å². The van der Waals surface area contributed by atoms with Gasteiger partial charge in [0.05, 0.1) is 11.0 Å². The van der Waals surface area contributed by atoms with Crippen molar-refractivity contribution in [3.63, 3.8) is 0 Å². The lowest BCUT2D eigenvalue weighted by Gasteiger charge is -2.02. The smallest absolute Gasteiger partial charge is 0.201 e. The molecule has 0 bridgehead atoms. The number of nitrogens with zero attached hydrogens (tertiary/aromatic N) is 1. The summed E-state index contributed by atoms with van der Waals surface area (Å²) in [6.07, 6.45) is 0. The molecule has 2 aromatic carbocycles. The maximum atomic E-state index is 12.8. The van der Waals surface area contributed by atoms with E-state index in [4.69, 9.17) is 11.6 Å². The molecule has 0 radical (unpaired) electrons. The molecule has 5 heteroatoms. The Hall–Kier alpha value is -2.07. The molecule has 3 aromatic rings. The highest BCUT2D eigenvalue weighted by molar-refractivity contribution is 6.31. The molecule has 0 spiro atoms. The number of benzene rings is 2. The largest absolute Gasteiger partial charge is 0.352 e. The van der Waals surface area contributed by atoms with Gasteiger partial charge in [-0.3, -0.25) is 0 Å². The first-order chi connectivity index (χ1) is 9.20. The molecular weight excluding hydrogens is 265 g/mol. The molecule has 0 amide bonds. The van der Waals surface area contributed by atoms with Crippen LogP contribution in [0.25, 0.3) is 11.0 Å². The second kappa shape index (κ2) is 4.90. The number of nitrogens with one attached hydrogen (secondary N) is 2. The topological polar surface area (TPSA) is 40.7 Å². The van der Waals surface area contributed by atoms with Gasteiger partial charge in [0, 0.05) is 11.6 Å². The molecule has 0 unspecified atom stereocenters. The van der Waals surface area contributed by atoms with Crippen LogP contribution in [0.2, 0.25) is 5.02 Å². The van der Waals surface area contributed by atoms with Gasteiger partial charge >= 0.3 is 0 Å². The minimum Gasteiger partial charge on any atom is -0.352 e. The van der Waals surface area contributed by atoms with Crippen LogP contribution in [0.1, 0.15) is 5.56 Å². The summed E-state index contributed by atoms with van der Waals surface area (Å²) in [5, 5.41) is 3.82. The molecule has 0 saturated carbocycles. The third-order valence-electron chi connectivity index (χ3n) is 2.82. The third kappa shape index (κ3) is 2.69. The minimum absolute atomic E-state index is 0.234. The van der Waals surface area contributed by atoms with Crippen LogP contribution in [0.5, 0.6) is 0 Å². The van der Waals surface area contributed by atoms with Crippen molar-refractivity contribution in [2.45, 2.75) is 6.54 Å². The number of imidazole rings is 1. The van der Waals surface area contributed by atoms with Crippen molar-refractivity contribution in [3.8, 4) is 0 Å². The number of aromatic nitrogens is 2. The summed E-state index contributed by atoms with van der Waals surface area (Å²) in [5.41, 5.74) is 2.72. The van der Waals surface area contributed by atoms with Crippen LogP contribution in [0.4, 0.5) is 10.3 Å². The molecule has 0 aliphatic carbocycles. The molecule has 1 aromatic heterocycles. The molecule has 96 valence electrons. The van der Waals surface area contributed by atoms with E-state index in [0.717, 1.165) is 16.6 Å². The quantitative estimate of drug-likeness (QED) is 0.759.